The number of rotatable bonds is 2. The quantitative estimate of drug-likeness (QED) is 0.801. The second-order valence-corrected chi connectivity index (χ2v) is 3.82. The number of hydrogen-bond donors (Lipinski definition) is 0. The summed E-state index contributed by atoms with van der Waals surface area (Å²) in [6.45, 7) is 1.96. The van der Waals surface area contributed by atoms with Gasteiger partial charge in [-0.15, -0.1) is 0 Å². The van der Waals surface area contributed by atoms with Gasteiger partial charge in [0.15, 0.2) is 0 Å². The number of halogens is 1. The number of carbonyl (C=O) groups excluding carboxylic acids is 1. The molecule has 0 saturated carbocycles. The van der Waals surface area contributed by atoms with Crippen LogP contribution >= 0.6 is 11.6 Å². The summed E-state index contributed by atoms with van der Waals surface area (Å²) in [5, 5.41) is 0.559. The third kappa shape index (κ3) is 1.99. The van der Waals surface area contributed by atoms with E-state index in [0.29, 0.717) is 10.6 Å². The second-order valence-electron chi connectivity index (χ2n) is 3.38. The van der Waals surface area contributed by atoms with Gasteiger partial charge in [0.05, 0.1) is 0 Å². The Bertz CT molecular complexity index is 519. The molecule has 0 atom stereocenters. The molecule has 1 aromatic carbocycles. The second kappa shape index (κ2) is 4.49. The Morgan fingerprint density at radius 2 is 2.31 bits per heavy atom. The number of aromatic nitrogens is 2. The Morgan fingerprint density at radius 3 is 3.00 bits per heavy atom. The van der Waals surface area contributed by atoms with Gasteiger partial charge in [0.25, 0.3) is 5.91 Å². The van der Waals surface area contributed by atoms with Gasteiger partial charge in [0.2, 0.25) is 0 Å². The molecule has 0 spiro atoms. The van der Waals surface area contributed by atoms with Crippen molar-refractivity contribution in [3.05, 3.63) is 53.1 Å². The average molecular weight is 235 g/mol. The van der Waals surface area contributed by atoms with E-state index >= 15 is 0 Å². The summed E-state index contributed by atoms with van der Waals surface area (Å²) in [6, 6.07) is 6.90. The van der Waals surface area contributed by atoms with Crippen LogP contribution in [0.15, 0.2) is 36.7 Å². The first-order chi connectivity index (χ1) is 7.72. The number of benzene rings is 1. The summed E-state index contributed by atoms with van der Waals surface area (Å²) in [5.74, 6) is 0.654. The molecule has 0 fully saturated rings. The van der Waals surface area contributed by atoms with Crippen molar-refractivity contribution >= 4 is 17.5 Å². The van der Waals surface area contributed by atoms with Crippen LogP contribution in [0.3, 0.4) is 0 Å². The van der Waals surface area contributed by atoms with Crippen molar-refractivity contribution in [1.82, 2.24) is 9.55 Å². The summed E-state index contributed by atoms with van der Waals surface area (Å²) in [4.78, 5) is 16.2. The largest absolute Gasteiger partial charge is 0.270 e. The molecule has 0 N–H and O–H groups in total. The van der Waals surface area contributed by atoms with E-state index in [9.17, 15) is 4.79 Å². The van der Waals surface area contributed by atoms with E-state index in [1.807, 2.05) is 6.92 Å². The number of hydrogen-bond acceptors (Lipinski definition) is 2. The van der Waals surface area contributed by atoms with E-state index in [4.69, 9.17) is 11.6 Å². The van der Waals surface area contributed by atoms with Crippen LogP contribution in [0.1, 0.15) is 23.1 Å². The van der Waals surface area contributed by atoms with Gasteiger partial charge in [-0.25, -0.2) is 4.98 Å². The zero-order valence-electron chi connectivity index (χ0n) is 8.85. The van der Waals surface area contributed by atoms with E-state index in [1.165, 1.54) is 0 Å². The first-order valence-electron chi connectivity index (χ1n) is 5.05. The summed E-state index contributed by atoms with van der Waals surface area (Å²) in [5.41, 5.74) is 0.570. The monoisotopic (exact) mass is 234 g/mol. The number of aryl methyl sites for hydroxylation is 1. The minimum atomic E-state index is -0.100. The highest BCUT2D eigenvalue weighted by molar-refractivity contribution is 6.31. The number of nitrogens with zero attached hydrogens (tertiary/aromatic N) is 2. The number of carbonyl (C=O) groups is 1. The summed E-state index contributed by atoms with van der Waals surface area (Å²) >= 11 is 5.85. The SMILES string of the molecule is CCc1nccn1C(=O)c1cccc(Cl)c1. The van der Waals surface area contributed by atoms with Crippen molar-refractivity contribution in [3.63, 3.8) is 0 Å². The molecule has 0 aliphatic heterocycles. The maximum absolute atomic E-state index is 12.1. The van der Waals surface area contributed by atoms with E-state index in [0.717, 1.165) is 12.2 Å². The molecule has 4 heteroatoms. The van der Waals surface area contributed by atoms with Gasteiger partial charge in [-0.3, -0.25) is 9.36 Å². The molecule has 0 bridgehead atoms. The lowest BCUT2D eigenvalue weighted by atomic mass is 10.2. The van der Waals surface area contributed by atoms with Crippen molar-refractivity contribution < 1.29 is 4.79 Å². The normalized spacial score (nSPS) is 10.4. The van der Waals surface area contributed by atoms with Crippen LogP contribution in [-0.4, -0.2) is 15.5 Å². The highest BCUT2D eigenvalue weighted by Gasteiger charge is 2.11. The molecule has 0 amide bonds. The molecule has 16 heavy (non-hydrogen) atoms. The minimum absolute atomic E-state index is 0.100. The fourth-order valence-electron chi connectivity index (χ4n) is 1.54. The fourth-order valence-corrected chi connectivity index (χ4v) is 1.73. The predicted octanol–water partition coefficient (Wildman–Crippen LogP) is 2.79. The van der Waals surface area contributed by atoms with Crippen LogP contribution in [0.2, 0.25) is 5.02 Å². The maximum Gasteiger partial charge on any atom is 0.263 e. The van der Waals surface area contributed by atoms with Crippen molar-refractivity contribution in [1.29, 1.82) is 0 Å². The molecular weight excluding hydrogens is 224 g/mol. The van der Waals surface area contributed by atoms with Crippen LogP contribution in [0.25, 0.3) is 0 Å². The zero-order chi connectivity index (χ0) is 11.5. The fraction of sp³-hybridized carbons (Fsp3) is 0.167. The lowest BCUT2D eigenvalue weighted by Crippen LogP contribution is -2.14. The van der Waals surface area contributed by atoms with Gasteiger partial charge in [-0.05, 0) is 18.2 Å². The van der Waals surface area contributed by atoms with E-state index < -0.39 is 0 Å². The Morgan fingerprint density at radius 1 is 1.50 bits per heavy atom. The van der Waals surface area contributed by atoms with Crippen molar-refractivity contribution in [3.8, 4) is 0 Å². The molecule has 1 aromatic heterocycles. The molecular formula is C12H11ClN2O. The molecule has 0 unspecified atom stereocenters. The Balaban J connectivity index is 2.39. The Labute approximate surface area is 98.7 Å². The van der Waals surface area contributed by atoms with Crippen molar-refractivity contribution in [2.75, 3.05) is 0 Å². The van der Waals surface area contributed by atoms with Crippen LogP contribution in [0.5, 0.6) is 0 Å². The standard InChI is InChI=1S/C12H11ClN2O/c1-2-11-14-6-7-15(11)12(16)9-4-3-5-10(13)8-9/h3-8H,2H2,1H3. The van der Waals surface area contributed by atoms with E-state index in [2.05, 4.69) is 4.98 Å². The van der Waals surface area contributed by atoms with Gasteiger partial charge >= 0.3 is 0 Å². The molecule has 0 saturated heterocycles. The minimum Gasteiger partial charge on any atom is -0.270 e. The van der Waals surface area contributed by atoms with Crippen LogP contribution in [0, 0.1) is 0 Å². The van der Waals surface area contributed by atoms with E-state index in [-0.39, 0.29) is 5.91 Å². The molecule has 0 aliphatic rings. The van der Waals surface area contributed by atoms with Gasteiger partial charge in [-0.1, -0.05) is 24.6 Å². The average Bonchev–Trinajstić information content (AvgIpc) is 2.76. The smallest absolute Gasteiger partial charge is 0.263 e. The maximum atomic E-state index is 12.1. The zero-order valence-corrected chi connectivity index (χ0v) is 9.61. The van der Waals surface area contributed by atoms with Crippen LogP contribution in [0.4, 0.5) is 0 Å². The van der Waals surface area contributed by atoms with Crippen LogP contribution in [-0.2, 0) is 6.42 Å². The van der Waals surface area contributed by atoms with E-state index in [1.54, 1.807) is 41.2 Å². The third-order valence-corrected chi connectivity index (χ3v) is 2.56. The molecule has 0 aliphatic carbocycles. The third-order valence-electron chi connectivity index (χ3n) is 2.32. The topological polar surface area (TPSA) is 34.9 Å². The van der Waals surface area contributed by atoms with Gasteiger partial charge in [-0.2, -0.15) is 0 Å². The molecule has 2 aromatic rings. The summed E-state index contributed by atoms with van der Waals surface area (Å²) < 4.78 is 1.55. The van der Waals surface area contributed by atoms with Crippen molar-refractivity contribution in [2.24, 2.45) is 0 Å². The molecule has 1 heterocycles. The van der Waals surface area contributed by atoms with Crippen LogP contribution < -0.4 is 0 Å². The van der Waals surface area contributed by atoms with Gasteiger partial charge < -0.3 is 0 Å². The number of imidazole rings is 1. The highest BCUT2D eigenvalue weighted by Crippen LogP contribution is 2.13. The lowest BCUT2D eigenvalue weighted by Gasteiger charge is -2.05. The molecule has 82 valence electrons. The van der Waals surface area contributed by atoms with Gasteiger partial charge in [0.1, 0.15) is 5.82 Å². The summed E-state index contributed by atoms with van der Waals surface area (Å²) in [7, 11) is 0. The predicted molar refractivity (Wildman–Crippen MR) is 62.8 cm³/mol. The molecule has 3 nitrogen and oxygen atoms in total. The van der Waals surface area contributed by atoms with Crippen molar-refractivity contribution in [2.45, 2.75) is 13.3 Å². The lowest BCUT2D eigenvalue weighted by molar-refractivity contribution is 0.0956. The Hall–Kier alpha value is -1.61. The molecule has 0 radical (unpaired) electrons. The first-order valence-corrected chi connectivity index (χ1v) is 5.42. The Kier molecular flexibility index (Phi) is 3.06. The van der Waals surface area contributed by atoms with Gasteiger partial charge in [0, 0.05) is 29.4 Å². The first kappa shape index (κ1) is 10.9. The highest BCUT2D eigenvalue weighted by atomic mass is 35.5. The molecule has 2 rings (SSSR count). The summed E-state index contributed by atoms with van der Waals surface area (Å²) in [6.07, 6.45) is 4.02.